The summed E-state index contributed by atoms with van der Waals surface area (Å²) in [6.07, 6.45) is 0.529. The maximum Gasteiger partial charge on any atom is 0.154 e. The lowest BCUT2D eigenvalue weighted by molar-refractivity contribution is 0.588. The highest BCUT2D eigenvalue weighted by Crippen LogP contribution is 2.26. The van der Waals surface area contributed by atoms with Gasteiger partial charge in [0, 0.05) is 17.7 Å². The fourth-order valence-corrected chi connectivity index (χ4v) is 3.47. The fourth-order valence-electron chi connectivity index (χ4n) is 2.06. The molecule has 0 aromatic carbocycles. The molecule has 0 saturated heterocycles. The molecule has 0 spiro atoms. The first-order valence-corrected chi connectivity index (χ1v) is 7.28. The fraction of sp³-hybridized carbons (Fsp3) is 0.636. The number of sulfone groups is 1. The van der Waals surface area contributed by atoms with Crippen molar-refractivity contribution in [3.8, 4) is 0 Å². The Bertz CT molecular complexity index is 521. The molecule has 2 heterocycles. The first-order valence-electron chi connectivity index (χ1n) is 5.46. The zero-order valence-electron chi connectivity index (χ0n) is 9.82. The summed E-state index contributed by atoms with van der Waals surface area (Å²) in [5.41, 5.74) is 2.66. The predicted molar refractivity (Wildman–Crippen MR) is 62.1 cm³/mol. The van der Waals surface area contributed by atoms with E-state index in [9.17, 15) is 8.42 Å². The van der Waals surface area contributed by atoms with E-state index < -0.39 is 9.84 Å². The molecule has 5 heteroatoms. The minimum absolute atomic E-state index is 0.107. The Morgan fingerprint density at radius 3 is 2.56 bits per heavy atom. The summed E-state index contributed by atoms with van der Waals surface area (Å²) in [6, 6.07) is 0. The van der Waals surface area contributed by atoms with Crippen LogP contribution in [0.2, 0.25) is 0 Å². The van der Waals surface area contributed by atoms with Crippen LogP contribution in [0.15, 0.2) is 0 Å². The van der Waals surface area contributed by atoms with Gasteiger partial charge < -0.3 is 0 Å². The largest absolute Gasteiger partial charge is 0.238 e. The van der Waals surface area contributed by atoms with Gasteiger partial charge in [-0.1, -0.05) is 13.8 Å². The molecule has 1 aliphatic rings. The Kier molecular flexibility index (Phi) is 2.74. The van der Waals surface area contributed by atoms with Crippen molar-refractivity contribution < 1.29 is 8.42 Å². The third kappa shape index (κ3) is 2.09. The molecule has 2 rings (SSSR count). The van der Waals surface area contributed by atoms with E-state index in [4.69, 9.17) is 0 Å². The van der Waals surface area contributed by atoms with Crippen LogP contribution in [0.5, 0.6) is 0 Å². The molecule has 4 nitrogen and oxygen atoms in total. The molecule has 0 fully saturated rings. The second-order valence-electron chi connectivity index (χ2n) is 4.58. The van der Waals surface area contributed by atoms with E-state index in [1.54, 1.807) is 0 Å². The van der Waals surface area contributed by atoms with E-state index >= 15 is 0 Å². The lowest BCUT2D eigenvalue weighted by Gasteiger charge is -2.20. The second kappa shape index (κ2) is 3.80. The van der Waals surface area contributed by atoms with Gasteiger partial charge in [-0.2, -0.15) is 0 Å². The predicted octanol–water partition coefficient (Wildman–Crippen LogP) is 1.38. The van der Waals surface area contributed by atoms with Gasteiger partial charge in [-0.15, -0.1) is 0 Å². The van der Waals surface area contributed by atoms with Gasteiger partial charge in [0.2, 0.25) is 0 Å². The van der Waals surface area contributed by atoms with Gasteiger partial charge in [-0.05, 0) is 12.8 Å². The normalized spacial score (nSPS) is 18.5. The molecule has 0 amide bonds. The Morgan fingerprint density at radius 2 is 1.94 bits per heavy atom. The summed E-state index contributed by atoms with van der Waals surface area (Å²) < 4.78 is 23.2. The molecule has 0 aliphatic carbocycles. The van der Waals surface area contributed by atoms with Crippen molar-refractivity contribution in [2.75, 3.05) is 5.75 Å². The first-order chi connectivity index (χ1) is 7.39. The number of aryl methyl sites for hydroxylation is 2. The Balaban J connectivity index is 2.60. The van der Waals surface area contributed by atoms with Gasteiger partial charge in [0.15, 0.2) is 9.84 Å². The highest BCUT2D eigenvalue weighted by Gasteiger charge is 2.26. The van der Waals surface area contributed by atoms with Crippen LogP contribution in [0.3, 0.4) is 0 Å². The van der Waals surface area contributed by atoms with Crippen LogP contribution < -0.4 is 0 Å². The standard InChI is InChI=1S/C11H16N2O2S/c1-7(2)11-9-6-16(14,15)5-4-10(9)12-8(3)13-11/h7H,4-6H2,1-3H3. The van der Waals surface area contributed by atoms with Gasteiger partial charge in [0.25, 0.3) is 0 Å². The molecule has 1 aromatic heterocycles. The van der Waals surface area contributed by atoms with Crippen LogP contribution in [0.4, 0.5) is 0 Å². The van der Waals surface area contributed by atoms with Gasteiger partial charge in [0.05, 0.1) is 17.2 Å². The number of hydrogen-bond donors (Lipinski definition) is 0. The Hall–Kier alpha value is -0.970. The number of fused-ring (bicyclic) bond motifs is 1. The number of aromatic nitrogens is 2. The number of nitrogens with zero attached hydrogens (tertiary/aromatic N) is 2. The molecule has 0 N–H and O–H groups in total. The zero-order valence-corrected chi connectivity index (χ0v) is 10.6. The van der Waals surface area contributed by atoms with Crippen molar-refractivity contribution >= 4 is 9.84 Å². The summed E-state index contributed by atoms with van der Waals surface area (Å²) in [5, 5.41) is 0. The number of hydrogen-bond acceptors (Lipinski definition) is 4. The number of rotatable bonds is 1. The van der Waals surface area contributed by atoms with Gasteiger partial charge >= 0.3 is 0 Å². The minimum atomic E-state index is -2.95. The van der Waals surface area contributed by atoms with Crippen LogP contribution in [-0.2, 0) is 22.0 Å². The van der Waals surface area contributed by atoms with E-state index in [-0.39, 0.29) is 17.4 Å². The smallest absolute Gasteiger partial charge is 0.154 e. The zero-order chi connectivity index (χ0) is 11.9. The summed E-state index contributed by atoms with van der Waals surface area (Å²) in [5.74, 6) is 1.30. The molecule has 0 bridgehead atoms. The van der Waals surface area contributed by atoms with Gasteiger partial charge in [-0.25, -0.2) is 18.4 Å². The van der Waals surface area contributed by atoms with E-state index in [0.29, 0.717) is 6.42 Å². The van der Waals surface area contributed by atoms with Crippen molar-refractivity contribution in [3.05, 3.63) is 22.8 Å². The highest BCUT2D eigenvalue weighted by atomic mass is 32.2. The van der Waals surface area contributed by atoms with Crippen LogP contribution in [0.25, 0.3) is 0 Å². The summed E-state index contributed by atoms with van der Waals surface area (Å²) in [6.45, 7) is 5.92. The third-order valence-corrected chi connectivity index (χ3v) is 4.35. The molecule has 0 radical (unpaired) electrons. The molecule has 1 aromatic rings. The maximum atomic E-state index is 11.6. The maximum absolute atomic E-state index is 11.6. The molecular formula is C11H16N2O2S. The van der Waals surface area contributed by atoms with E-state index in [1.165, 1.54) is 0 Å². The van der Waals surface area contributed by atoms with Crippen molar-refractivity contribution in [3.63, 3.8) is 0 Å². The van der Waals surface area contributed by atoms with Crippen molar-refractivity contribution in [2.45, 2.75) is 38.9 Å². The van der Waals surface area contributed by atoms with E-state index in [1.807, 2.05) is 20.8 Å². The van der Waals surface area contributed by atoms with E-state index in [2.05, 4.69) is 9.97 Å². The summed E-state index contributed by atoms with van der Waals surface area (Å²) in [7, 11) is -2.95. The second-order valence-corrected chi connectivity index (χ2v) is 6.76. The SMILES string of the molecule is Cc1nc2c(c(C(C)C)n1)CS(=O)(=O)CC2. The lowest BCUT2D eigenvalue weighted by Crippen LogP contribution is -2.23. The summed E-state index contributed by atoms with van der Waals surface area (Å²) >= 11 is 0. The van der Waals surface area contributed by atoms with Gasteiger partial charge in [-0.3, -0.25) is 0 Å². The average molecular weight is 240 g/mol. The van der Waals surface area contributed by atoms with Gasteiger partial charge in [0.1, 0.15) is 5.82 Å². The third-order valence-electron chi connectivity index (χ3n) is 2.80. The Labute approximate surface area is 96.0 Å². The lowest BCUT2D eigenvalue weighted by atomic mass is 10.0. The van der Waals surface area contributed by atoms with Crippen molar-refractivity contribution in [1.82, 2.24) is 9.97 Å². The average Bonchev–Trinajstić information content (AvgIpc) is 2.16. The minimum Gasteiger partial charge on any atom is -0.238 e. The van der Waals surface area contributed by atoms with Crippen LogP contribution in [0.1, 0.15) is 42.5 Å². The van der Waals surface area contributed by atoms with Crippen LogP contribution in [-0.4, -0.2) is 24.1 Å². The monoisotopic (exact) mass is 240 g/mol. The molecule has 0 saturated carbocycles. The highest BCUT2D eigenvalue weighted by molar-refractivity contribution is 7.90. The molecular weight excluding hydrogens is 224 g/mol. The molecule has 88 valence electrons. The molecule has 0 unspecified atom stereocenters. The quantitative estimate of drug-likeness (QED) is 0.744. The van der Waals surface area contributed by atoms with Crippen molar-refractivity contribution in [1.29, 1.82) is 0 Å². The first kappa shape index (κ1) is 11.5. The Morgan fingerprint density at radius 1 is 1.25 bits per heavy atom. The topological polar surface area (TPSA) is 59.9 Å². The molecule has 1 aliphatic heterocycles. The van der Waals surface area contributed by atoms with E-state index in [0.717, 1.165) is 22.8 Å². The van der Waals surface area contributed by atoms with Crippen molar-refractivity contribution in [2.24, 2.45) is 0 Å². The van der Waals surface area contributed by atoms with Crippen LogP contribution in [0, 0.1) is 6.92 Å². The molecule has 16 heavy (non-hydrogen) atoms. The van der Waals surface area contributed by atoms with Crippen LogP contribution >= 0.6 is 0 Å². The summed E-state index contributed by atoms with van der Waals surface area (Å²) in [4.78, 5) is 8.72. The molecule has 0 atom stereocenters.